The summed E-state index contributed by atoms with van der Waals surface area (Å²) in [5.74, 6) is 0. The third-order valence-electron chi connectivity index (χ3n) is 3.26. The minimum absolute atomic E-state index is 1.03. The summed E-state index contributed by atoms with van der Waals surface area (Å²) in [6.45, 7) is 19.3. The fourth-order valence-electron chi connectivity index (χ4n) is 2.41. The van der Waals surface area contributed by atoms with Crippen LogP contribution in [0.3, 0.4) is 0 Å². The monoisotopic (exact) mass is 278 g/mol. The van der Waals surface area contributed by atoms with Crippen molar-refractivity contribution in [2.24, 2.45) is 0 Å². The third kappa shape index (κ3) is 5.11. The predicted octanol–water partition coefficient (Wildman–Crippen LogP) is 5.14. The van der Waals surface area contributed by atoms with Gasteiger partial charge in [-0.1, -0.05) is 51.4 Å². The van der Waals surface area contributed by atoms with E-state index in [0.29, 0.717) is 0 Å². The Bertz CT molecular complexity index is 379. The first kappa shape index (κ1) is 15.7. The van der Waals surface area contributed by atoms with Gasteiger partial charge in [0.25, 0.3) is 0 Å². The number of hydrogen-bond acceptors (Lipinski definition) is 0. The Morgan fingerprint density at radius 2 is 0.944 bits per heavy atom. The molecule has 0 unspecified atom stereocenters. The molecule has 0 aliphatic rings. The zero-order valence-corrected chi connectivity index (χ0v) is 15.6. The van der Waals surface area contributed by atoms with Crippen LogP contribution in [-0.4, -0.2) is 16.1 Å². The zero-order valence-electron chi connectivity index (χ0n) is 13.6. The Kier molecular flexibility index (Phi) is 4.66. The van der Waals surface area contributed by atoms with Gasteiger partial charge >= 0.3 is 0 Å². The Morgan fingerprint density at radius 3 is 1.17 bits per heavy atom. The molecule has 0 heterocycles. The summed E-state index contributed by atoms with van der Waals surface area (Å²) in [7, 11) is -2.06. The molecule has 0 saturated carbocycles. The molecule has 0 aliphatic heterocycles. The Hall–Kier alpha value is -0.346. The highest BCUT2D eigenvalue weighted by Gasteiger charge is 2.20. The summed E-state index contributed by atoms with van der Waals surface area (Å²) in [5, 5.41) is 0. The molecule has 0 saturated heterocycles. The summed E-state index contributed by atoms with van der Waals surface area (Å²) in [6.07, 6.45) is 0. The minimum Gasteiger partial charge on any atom is -0.0693 e. The molecule has 18 heavy (non-hydrogen) atoms. The lowest BCUT2D eigenvalue weighted by Gasteiger charge is -2.24. The molecular weight excluding hydrogens is 248 g/mol. The molecular formula is C16H30Si2. The molecule has 102 valence electrons. The second kappa shape index (κ2) is 5.34. The van der Waals surface area contributed by atoms with Crippen molar-refractivity contribution in [3.63, 3.8) is 0 Å². The van der Waals surface area contributed by atoms with Gasteiger partial charge in [-0.25, -0.2) is 0 Å². The molecule has 0 nitrogen and oxygen atoms in total. The molecule has 0 aliphatic carbocycles. The first-order valence-electron chi connectivity index (χ1n) is 7.07. The molecule has 0 fully saturated rings. The van der Waals surface area contributed by atoms with E-state index in [9.17, 15) is 0 Å². The quantitative estimate of drug-likeness (QED) is 0.669. The second-order valence-electron chi connectivity index (χ2n) is 8.18. The van der Waals surface area contributed by atoms with Gasteiger partial charge in [-0.3, -0.25) is 0 Å². The summed E-state index contributed by atoms with van der Waals surface area (Å²) in [6, 6.07) is 7.58. The van der Waals surface area contributed by atoms with E-state index < -0.39 is 16.1 Å². The van der Waals surface area contributed by atoms with E-state index in [1.165, 1.54) is 23.2 Å². The van der Waals surface area contributed by atoms with Crippen molar-refractivity contribution in [3.05, 3.63) is 34.4 Å². The van der Waals surface area contributed by atoms with Crippen LogP contribution in [-0.2, 0) is 12.1 Å². The summed E-state index contributed by atoms with van der Waals surface area (Å²) < 4.78 is 0. The van der Waals surface area contributed by atoms with Crippen molar-refractivity contribution in [1.82, 2.24) is 0 Å². The number of hydrogen-bond donors (Lipinski definition) is 0. The van der Waals surface area contributed by atoms with Crippen molar-refractivity contribution < 1.29 is 0 Å². The van der Waals surface area contributed by atoms with Gasteiger partial charge in [0.2, 0.25) is 0 Å². The van der Waals surface area contributed by atoms with Gasteiger partial charge in [0.1, 0.15) is 0 Å². The predicted molar refractivity (Wildman–Crippen MR) is 90.0 cm³/mol. The van der Waals surface area contributed by atoms with Crippen LogP contribution in [0.5, 0.6) is 0 Å². The number of benzene rings is 1. The van der Waals surface area contributed by atoms with E-state index in [-0.39, 0.29) is 0 Å². The highest BCUT2D eigenvalue weighted by molar-refractivity contribution is 6.76. The Morgan fingerprint density at radius 1 is 0.667 bits per heavy atom. The third-order valence-corrected chi connectivity index (χ3v) is 6.14. The maximum atomic E-state index is 2.47. The first-order valence-corrected chi connectivity index (χ1v) is 14.5. The van der Waals surface area contributed by atoms with E-state index in [0.717, 1.165) is 0 Å². The summed E-state index contributed by atoms with van der Waals surface area (Å²) in [5.41, 5.74) is 6.20. The first-order chi connectivity index (χ1) is 7.98. The van der Waals surface area contributed by atoms with Gasteiger partial charge in [-0.2, -0.15) is 0 Å². The molecule has 0 bridgehead atoms. The summed E-state index contributed by atoms with van der Waals surface area (Å²) >= 11 is 0. The average Bonchev–Trinajstić information content (AvgIpc) is 2.08. The highest BCUT2D eigenvalue weighted by atomic mass is 28.3. The van der Waals surface area contributed by atoms with Gasteiger partial charge in [0, 0.05) is 16.1 Å². The highest BCUT2D eigenvalue weighted by Crippen LogP contribution is 2.23. The molecule has 1 aromatic carbocycles. The lowest BCUT2D eigenvalue weighted by Crippen LogP contribution is -2.28. The van der Waals surface area contributed by atoms with Gasteiger partial charge < -0.3 is 0 Å². The topological polar surface area (TPSA) is 0 Å². The summed E-state index contributed by atoms with van der Waals surface area (Å²) in [4.78, 5) is 0. The van der Waals surface area contributed by atoms with Crippen molar-refractivity contribution in [3.8, 4) is 0 Å². The van der Waals surface area contributed by atoms with Crippen LogP contribution in [0, 0.1) is 13.8 Å². The standard InChI is InChI=1S/C16H30Si2/c1-13-9-15(11-17(3,4)5)16(10-14(13)2)12-18(6,7)8/h9-10H,11-12H2,1-8H3. The number of aryl methyl sites for hydroxylation is 2. The number of rotatable bonds is 4. The van der Waals surface area contributed by atoms with Crippen LogP contribution in [0.1, 0.15) is 22.3 Å². The maximum absolute atomic E-state index is 2.47. The molecule has 2 heteroatoms. The smallest absolute Gasteiger partial charge is 0.0487 e. The van der Waals surface area contributed by atoms with E-state index in [4.69, 9.17) is 0 Å². The molecule has 1 rings (SSSR count). The molecule has 0 spiro atoms. The minimum atomic E-state index is -1.03. The second-order valence-corrected chi connectivity index (χ2v) is 19.1. The maximum Gasteiger partial charge on any atom is 0.0487 e. The van der Waals surface area contributed by atoms with E-state index >= 15 is 0 Å². The van der Waals surface area contributed by atoms with Crippen molar-refractivity contribution in [2.45, 2.75) is 65.2 Å². The van der Waals surface area contributed by atoms with E-state index in [1.807, 2.05) is 0 Å². The normalized spacial score (nSPS) is 12.9. The van der Waals surface area contributed by atoms with Gasteiger partial charge in [0.15, 0.2) is 0 Å². The molecule has 1 aromatic rings. The molecule has 0 N–H and O–H groups in total. The Labute approximate surface area is 116 Å². The van der Waals surface area contributed by atoms with Crippen LogP contribution >= 0.6 is 0 Å². The average molecular weight is 279 g/mol. The van der Waals surface area contributed by atoms with Crippen LogP contribution in [0.2, 0.25) is 39.3 Å². The fourth-order valence-corrected chi connectivity index (χ4v) is 5.35. The van der Waals surface area contributed by atoms with Gasteiger partial charge in [-0.15, -0.1) is 0 Å². The molecule has 0 atom stereocenters. The van der Waals surface area contributed by atoms with Crippen molar-refractivity contribution in [2.75, 3.05) is 0 Å². The van der Waals surface area contributed by atoms with Crippen molar-refractivity contribution >= 4 is 16.1 Å². The van der Waals surface area contributed by atoms with E-state index in [2.05, 4.69) is 65.3 Å². The van der Waals surface area contributed by atoms with Crippen LogP contribution < -0.4 is 0 Å². The van der Waals surface area contributed by atoms with Crippen LogP contribution in [0.15, 0.2) is 12.1 Å². The van der Waals surface area contributed by atoms with Gasteiger partial charge in [-0.05, 0) is 48.2 Å². The van der Waals surface area contributed by atoms with Crippen LogP contribution in [0.4, 0.5) is 0 Å². The SMILES string of the molecule is Cc1cc(C[Si](C)(C)C)c(C[Si](C)(C)C)cc1C. The lowest BCUT2D eigenvalue weighted by molar-refractivity contribution is 1.15. The zero-order chi connectivity index (χ0) is 14.1. The van der Waals surface area contributed by atoms with Crippen molar-refractivity contribution in [1.29, 1.82) is 0 Å². The fraction of sp³-hybridized carbons (Fsp3) is 0.625. The van der Waals surface area contributed by atoms with Gasteiger partial charge in [0.05, 0.1) is 0 Å². The van der Waals surface area contributed by atoms with Crippen LogP contribution in [0.25, 0.3) is 0 Å². The molecule has 0 amide bonds. The Balaban J connectivity index is 3.17. The molecule has 0 aromatic heterocycles. The van der Waals surface area contributed by atoms with E-state index in [1.54, 1.807) is 11.1 Å². The lowest BCUT2D eigenvalue weighted by atomic mass is 10.0. The largest absolute Gasteiger partial charge is 0.0693 e. The molecule has 0 radical (unpaired) electrons.